The van der Waals surface area contributed by atoms with Crippen molar-refractivity contribution in [2.75, 3.05) is 19.6 Å². The van der Waals surface area contributed by atoms with E-state index in [9.17, 15) is 5.11 Å². The second-order valence-electron chi connectivity index (χ2n) is 4.57. The lowest BCUT2D eigenvalue weighted by atomic mass is 9.79. The first-order chi connectivity index (χ1) is 6.74. The van der Waals surface area contributed by atoms with Crippen LogP contribution in [0, 0.1) is 17.8 Å². The van der Waals surface area contributed by atoms with Crippen LogP contribution in [0.4, 0.5) is 0 Å². The third-order valence-corrected chi connectivity index (χ3v) is 3.75. The Hall–Kier alpha value is -0.520. The number of rotatable bonds is 2. The van der Waals surface area contributed by atoms with E-state index in [1.807, 2.05) is 6.92 Å². The van der Waals surface area contributed by atoms with Crippen LogP contribution in [0.25, 0.3) is 0 Å². The largest absolute Gasteiger partial charge is 0.389 e. The maximum Gasteiger partial charge on any atom is 0.0709 e. The van der Waals surface area contributed by atoms with Crippen LogP contribution in [0.15, 0.2) is 0 Å². The lowest BCUT2D eigenvalue weighted by Gasteiger charge is -2.38. The number of nitrogens with zero attached hydrogens (tertiary/aromatic N) is 1. The van der Waals surface area contributed by atoms with Crippen molar-refractivity contribution in [3.05, 3.63) is 0 Å². The first-order valence-electron chi connectivity index (χ1n) is 5.59. The summed E-state index contributed by atoms with van der Waals surface area (Å²) in [5.74, 6) is 6.46. The van der Waals surface area contributed by atoms with Crippen molar-refractivity contribution in [2.24, 2.45) is 5.92 Å². The SMILES string of the molecule is CC#CCCC1(O)CCN2CCC1C2. The molecule has 0 aromatic rings. The normalized spacial score (nSPS) is 40.4. The number of piperidine rings is 1. The fourth-order valence-corrected chi connectivity index (χ4v) is 2.76. The van der Waals surface area contributed by atoms with E-state index in [1.54, 1.807) is 0 Å². The highest BCUT2D eigenvalue weighted by Gasteiger charge is 2.43. The van der Waals surface area contributed by atoms with Crippen LogP contribution in [0.5, 0.6) is 0 Å². The lowest BCUT2D eigenvalue weighted by Crippen LogP contribution is -2.46. The number of fused-ring (bicyclic) bond motifs is 2. The first kappa shape index (κ1) is 10.0. The molecule has 2 saturated heterocycles. The van der Waals surface area contributed by atoms with E-state index in [2.05, 4.69) is 16.7 Å². The van der Waals surface area contributed by atoms with Gasteiger partial charge in [0.15, 0.2) is 0 Å². The molecular formula is C12H19NO. The van der Waals surface area contributed by atoms with Gasteiger partial charge in [-0.05, 0) is 32.7 Å². The van der Waals surface area contributed by atoms with Gasteiger partial charge in [-0.15, -0.1) is 11.8 Å². The van der Waals surface area contributed by atoms with E-state index in [0.717, 1.165) is 32.4 Å². The average Bonchev–Trinajstić information content (AvgIpc) is 2.59. The molecule has 0 amide bonds. The maximum absolute atomic E-state index is 10.5. The average molecular weight is 193 g/mol. The van der Waals surface area contributed by atoms with Crippen molar-refractivity contribution >= 4 is 0 Å². The van der Waals surface area contributed by atoms with Crippen molar-refractivity contribution in [3.8, 4) is 11.8 Å². The first-order valence-corrected chi connectivity index (χ1v) is 5.59. The highest BCUT2D eigenvalue weighted by atomic mass is 16.3. The molecule has 0 saturated carbocycles. The zero-order chi connectivity index (χ0) is 10.0. The van der Waals surface area contributed by atoms with E-state index >= 15 is 0 Å². The van der Waals surface area contributed by atoms with Gasteiger partial charge in [0, 0.05) is 25.4 Å². The van der Waals surface area contributed by atoms with Crippen molar-refractivity contribution in [1.82, 2.24) is 4.90 Å². The molecule has 2 fully saturated rings. The topological polar surface area (TPSA) is 23.5 Å². The van der Waals surface area contributed by atoms with Crippen LogP contribution < -0.4 is 0 Å². The van der Waals surface area contributed by atoms with Crippen LogP contribution in [-0.4, -0.2) is 35.2 Å². The molecule has 0 aromatic carbocycles. The molecule has 2 rings (SSSR count). The smallest absolute Gasteiger partial charge is 0.0709 e. The van der Waals surface area contributed by atoms with Gasteiger partial charge in [-0.2, -0.15) is 0 Å². The molecule has 3 atom stereocenters. The summed E-state index contributed by atoms with van der Waals surface area (Å²) >= 11 is 0. The van der Waals surface area contributed by atoms with Crippen LogP contribution >= 0.6 is 0 Å². The van der Waals surface area contributed by atoms with E-state index in [1.165, 1.54) is 13.0 Å². The predicted molar refractivity (Wildman–Crippen MR) is 56.8 cm³/mol. The van der Waals surface area contributed by atoms with Crippen molar-refractivity contribution in [1.29, 1.82) is 0 Å². The Morgan fingerprint density at radius 2 is 2.36 bits per heavy atom. The van der Waals surface area contributed by atoms with Gasteiger partial charge >= 0.3 is 0 Å². The molecule has 2 heterocycles. The Kier molecular flexibility index (Phi) is 2.80. The molecular weight excluding hydrogens is 174 g/mol. The molecule has 0 radical (unpaired) electrons. The minimum absolute atomic E-state index is 0.406. The van der Waals surface area contributed by atoms with Gasteiger partial charge in [-0.25, -0.2) is 0 Å². The number of hydrogen-bond donors (Lipinski definition) is 1. The number of hydrogen-bond acceptors (Lipinski definition) is 2. The van der Waals surface area contributed by atoms with E-state index in [4.69, 9.17) is 0 Å². The van der Waals surface area contributed by atoms with Gasteiger partial charge in [0.2, 0.25) is 0 Å². The summed E-state index contributed by atoms with van der Waals surface area (Å²) in [6, 6.07) is 0. The molecule has 1 N–H and O–H groups in total. The van der Waals surface area contributed by atoms with Gasteiger partial charge in [-0.1, -0.05) is 0 Å². The lowest BCUT2D eigenvalue weighted by molar-refractivity contribution is -0.0497. The molecule has 0 spiro atoms. The van der Waals surface area contributed by atoms with Gasteiger partial charge in [-0.3, -0.25) is 0 Å². The molecule has 0 aliphatic carbocycles. The fourth-order valence-electron chi connectivity index (χ4n) is 2.76. The third kappa shape index (κ3) is 1.80. The molecule has 2 heteroatoms. The summed E-state index contributed by atoms with van der Waals surface area (Å²) in [5, 5.41) is 10.5. The summed E-state index contributed by atoms with van der Waals surface area (Å²) < 4.78 is 0. The van der Waals surface area contributed by atoms with Crippen LogP contribution in [0.2, 0.25) is 0 Å². The summed E-state index contributed by atoms with van der Waals surface area (Å²) in [6.07, 6.45) is 3.84. The molecule has 2 nitrogen and oxygen atoms in total. The van der Waals surface area contributed by atoms with Crippen LogP contribution in [0.1, 0.15) is 32.6 Å². The second-order valence-corrected chi connectivity index (χ2v) is 4.57. The molecule has 2 bridgehead atoms. The van der Waals surface area contributed by atoms with Crippen LogP contribution in [0.3, 0.4) is 0 Å². The monoisotopic (exact) mass is 193 g/mol. The van der Waals surface area contributed by atoms with Crippen molar-refractivity contribution in [2.45, 2.75) is 38.2 Å². The Balaban J connectivity index is 1.95. The predicted octanol–water partition coefficient (Wildman–Crippen LogP) is 1.25. The standard InChI is InChI=1S/C12H19NO/c1-2-3-4-6-12(14)7-9-13-8-5-11(12)10-13/h11,14H,4-10H2,1H3. The summed E-state index contributed by atoms with van der Waals surface area (Å²) in [7, 11) is 0. The van der Waals surface area contributed by atoms with Gasteiger partial charge in [0.1, 0.15) is 0 Å². The highest BCUT2D eigenvalue weighted by molar-refractivity contribution is 5.02. The molecule has 2 aliphatic rings. The van der Waals surface area contributed by atoms with Crippen LogP contribution in [-0.2, 0) is 0 Å². The van der Waals surface area contributed by atoms with E-state index < -0.39 is 5.60 Å². The molecule has 78 valence electrons. The zero-order valence-corrected chi connectivity index (χ0v) is 8.92. The van der Waals surface area contributed by atoms with Gasteiger partial charge < -0.3 is 10.0 Å². The van der Waals surface area contributed by atoms with Gasteiger partial charge in [0.05, 0.1) is 5.60 Å². The zero-order valence-electron chi connectivity index (χ0n) is 8.92. The van der Waals surface area contributed by atoms with E-state index in [-0.39, 0.29) is 0 Å². The van der Waals surface area contributed by atoms with Crippen molar-refractivity contribution in [3.63, 3.8) is 0 Å². The molecule has 3 unspecified atom stereocenters. The van der Waals surface area contributed by atoms with E-state index in [0.29, 0.717) is 5.92 Å². The minimum atomic E-state index is -0.406. The second kappa shape index (κ2) is 3.92. The quantitative estimate of drug-likeness (QED) is 0.667. The highest BCUT2D eigenvalue weighted by Crippen LogP contribution is 2.38. The summed E-state index contributed by atoms with van der Waals surface area (Å²) in [4.78, 5) is 2.46. The number of aliphatic hydroxyl groups is 1. The fraction of sp³-hybridized carbons (Fsp3) is 0.833. The molecule has 14 heavy (non-hydrogen) atoms. The molecule has 0 aromatic heterocycles. The van der Waals surface area contributed by atoms with Crippen molar-refractivity contribution < 1.29 is 5.11 Å². The van der Waals surface area contributed by atoms with Gasteiger partial charge in [0.25, 0.3) is 0 Å². The third-order valence-electron chi connectivity index (χ3n) is 3.75. The Morgan fingerprint density at radius 3 is 3.14 bits per heavy atom. The summed E-state index contributed by atoms with van der Waals surface area (Å²) in [6.45, 7) is 5.23. The Morgan fingerprint density at radius 1 is 1.50 bits per heavy atom. The Labute approximate surface area is 86.3 Å². The summed E-state index contributed by atoms with van der Waals surface area (Å²) in [5.41, 5.74) is -0.406. The Bertz CT molecular complexity index is 265. The minimum Gasteiger partial charge on any atom is -0.389 e. The maximum atomic E-state index is 10.5. The molecule has 2 aliphatic heterocycles.